The zero-order valence-electron chi connectivity index (χ0n) is 15.7. The number of nitrogens with one attached hydrogen (secondary N) is 1. The lowest BCUT2D eigenvalue weighted by Gasteiger charge is -2.05. The van der Waals surface area contributed by atoms with Crippen molar-refractivity contribution < 1.29 is 4.79 Å². The van der Waals surface area contributed by atoms with Crippen molar-refractivity contribution in [3.05, 3.63) is 102 Å². The summed E-state index contributed by atoms with van der Waals surface area (Å²) in [5.41, 5.74) is 6.77. The van der Waals surface area contributed by atoms with Crippen LogP contribution >= 0.6 is 0 Å². The Kier molecular flexibility index (Phi) is 5.02. The van der Waals surface area contributed by atoms with E-state index in [1.165, 1.54) is 0 Å². The van der Waals surface area contributed by atoms with E-state index >= 15 is 0 Å². The minimum absolute atomic E-state index is 0.133. The average Bonchev–Trinajstić information content (AvgIpc) is 3.09. The van der Waals surface area contributed by atoms with Crippen LogP contribution in [0.5, 0.6) is 0 Å². The lowest BCUT2D eigenvalue weighted by atomic mass is 10.0. The van der Waals surface area contributed by atoms with Gasteiger partial charge in [-0.3, -0.25) is 4.79 Å². The number of nitrogens with zero attached hydrogens (tertiary/aromatic N) is 2. The van der Waals surface area contributed by atoms with Crippen molar-refractivity contribution >= 4 is 22.9 Å². The van der Waals surface area contributed by atoms with Gasteiger partial charge in [-0.05, 0) is 41.5 Å². The highest BCUT2D eigenvalue weighted by atomic mass is 16.2. The zero-order valence-corrected chi connectivity index (χ0v) is 15.7. The predicted octanol–water partition coefficient (Wildman–Crippen LogP) is 4.63. The number of rotatable bonds is 5. The molecule has 138 valence electrons. The summed E-state index contributed by atoms with van der Waals surface area (Å²) in [6.07, 6.45) is 3.97. The lowest BCUT2D eigenvalue weighted by Crippen LogP contribution is -2.19. The highest BCUT2D eigenvalue weighted by Crippen LogP contribution is 2.19. The number of para-hydroxylation sites is 1. The minimum atomic E-state index is -0.133. The Hall–Kier alpha value is -3.66. The number of hydrogen-bond acceptors (Lipinski definition) is 2. The lowest BCUT2D eigenvalue weighted by molar-refractivity contribution is -0.120. The Morgan fingerprint density at radius 2 is 1.75 bits per heavy atom. The summed E-state index contributed by atoms with van der Waals surface area (Å²) >= 11 is 0. The maximum atomic E-state index is 12.3. The topological polar surface area (TPSA) is 46.4 Å². The van der Waals surface area contributed by atoms with E-state index in [1.54, 1.807) is 6.21 Å². The Morgan fingerprint density at radius 1 is 1.00 bits per heavy atom. The molecular weight excluding hydrogens is 346 g/mol. The summed E-state index contributed by atoms with van der Waals surface area (Å²) in [6.45, 7) is 2.05. The van der Waals surface area contributed by atoms with E-state index in [0.29, 0.717) is 6.42 Å². The Bertz CT molecular complexity index is 1140. The van der Waals surface area contributed by atoms with E-state index in [-0.39, 0.29) is 5.91 Å². The number of fused-ring (bicyclic) bond motifs is 1. The van der Waals surface area contributed by atoms with Gasteiger partial charge in [-0.2, -0.15) is 5.10 Å². The van der Waals surface area contributed by atoms with Crippen LogP contribution in [0.2, 0.25) is 0 Å². The maximum Gasteiger partial charge on any atom is 0.244 e. The number of aromatic nitrogens is 1. The van der Waals surface area contributed by atoms with Crippen molar-refractivity contribution in [1.82, 2.24) is 9.99 Å². The van der Waals surface area contributed by atoms with E-state index < -0.39 is 0 Å². The van der Waals surface area contributed by atoms with Gasteiger partial charge < -0.3 is 4.57 Å². The predicted molar refractivity (Wildman–Crippen MR) is 114 cm³/mol. The Labute approximate surface area is 164 Å². The standard InChI is InChI=1S/C24H21N3O/c1-18-14-19(17-27(18)22-11-3-2-4-12-22)16-25-26-24(28)15-21-10-7-9-20-8-5-6-13-23(20)21/h2-14,16-17H,15H2,1H3,(H,26,28)/b25-16-. The van der Waals surface area contributed by atoms with Gasteiger partial charge in [0.25, 0.3) is 0 Å². The van der Waals surface area contributed by atoms with Gasteiger partial charge in [-0.15, -0.1) is 0 Å². The van der Waals surface area contributed by atoms with Gasteiger partial charge >= 0.3 is 0 Å². The van der Waals surface area contributed by atoms with E-state index in [9.17, 15) is 4.79 Å². The maximum absolute atomic E-state index is 12.3. The molecular formula is C24H21N3O. The summed E-state index contributed by atoms with van der Waals surface area (Å²) < 4.78 is 2.10. The number of hydrazone groups is 1. The van der Waals surface area contributed by atoms with Crippen molar-refractivity contribution in [2.24, 2.45) is 5.10 Å². The molecule has 28 heavy (non-hydrogen) atoms. The van der Waals surface area contributed by atoms with Crippen LogP contribution in [0.15, 0.2) is 90.2 Å². The number of hydrogen-bond donors (Lipinski definition) is 1. The van der Waals surface area contributed by atoms with Gasteiger partial charge in [0.05, 0.1) is 12.6 Å². The van der Waals surface area contributed by atoms with Crippen LogP contribution in [-0.4, -0.2) is 16.7 Å². The van der Waals surface area contributed by atoms with Crippen LogP contribution in [0.1, 0.15) is 16.8 Å². The molecule has 0 aliphatic heterocycles. The monoisotopic (exact) mass is 367 g/mol. The molecule has 1 N–H and O–H groups in total. The summed E-state index contributed by atoms with van der Waals surface area (Å²) in [6, 6.07) is 26.2. The fourth-order valence-electron chi connectivity index (χ4n) is 3.37. The summed E-state index contributed by atoms with van der Waals surface area (Å²) in [4.78, 5) is 12.3. The van der Waals surface area contributed by atoms with Crippen LogP contribution < -0.4 is 5.43 Å². The zero-order chi connectivity index (χ0) is 19.3. The van der Waals surface area contributed by atoms with Crippen LogP contribution in [-0.2, 0) is 11.2 Å². The third kappa shape index (κ3) is 3.86. The smallest absolute Gasteiger partial charge is 0.244 e. The Balaban J connectivity index is 1.43. The van der Waals surface area contributed by atoms with Crippen molar-refractivity contribution in [1.29, 1.82) is 0 Å². The number of carbonyl (C=O) groups is 1. The highest BCUT2D eigenvalue weighted by Gasteiger charge is 2.06. The number of aryl methyl sites for hydroxylation is 1. The molecule has 0 aliphatic carbocycles. The van der Waals surface area contributed by atoms with E-state index in [2.05, 4.69) is 39.4 Å². The molecule has 1 heterocycles. The molecule has 0 radical (unpaired) electrons. The van der Waals surface area contributed by atoms with E-state index in [1.807, 2.05) is 67.7 Å². The molecule has 0 aliphatic rings. The van der Waals surface area contributed by atoms with E-state index in [0.717, 1.165) is 33.3 Å². The summed E-state index contributed by atoms with van der Waals surface area (Å²) in [5, 5.41) is 6.36. The second-order valence-electron chi connectivity index (χ2n) is 6.73. The van der Waals surface area contributed by atoms with Gasteiger partial charge in [0.15, 0.2) is 0 Å². The molecule has 1 amide bonds. The largest absolute Gasteiger partial charge is 0.321 e. The third-order valence-corrected chi connectivity index (χ3v) is 4.70. The van der Waals surface area contributed by atoms with Gasteiger partial charge in [0.1, 0.15) is 0 Å². The van der Waals surface area contributed by atoms with Gasteiger partial charge in [0.2, 0.25) is 5.91 Å². The molecule has 4 nitrogen and oxygen atoms in total. The van der Waals surface area contributed by atoms with E-state index in [4.69, 9.17) is 0 Å². The van der Waals surface area contributed by atoms with Gasteiger partial charge in [-0.1, -0.05) is 60.7 Å². The molecule has 3 aromatic carbocycles. The van der Waals surface area contributed by atoms with Crippen LogP contribution in [0.25, 0.3) is 16.5 Å². The van der Waals surface area contributed by atoms with Crippen molar-refractivity contribution in [3.8, 4) is 5.69 Å². The fraction of sp³-hybridized carbons (Fsp3) is 0.0833. The number of benzene rings is 3. The number of amides is 1. The molecule has 4 aromatic rings. The third-order valence-electron chi connectivity index (χ3n) is 4.70. The molecule has 0 bridgehead atoms. The SMILES string of the molecule is Cc1cc(/C=N\NC(=O)Cc2cccc3ccccc23)cn1-c1ccccc1. The molecule has 0 saturated carbocycles. The van der Waals surface area contributed by atoms with Crippen LogP contribution in [0.4, 0.5) is 0 Å². The fourth-order valence-corrected chi connectivity index (χ4v) is 3.37. The quantitative estimate of drug-likeness (QED) is 0.406. The first-order valence-corrected chi connectivity index (χ1v) is 9.24. The normalized spacial score (nSPS) is 11.2. The first kappa shape index (κ1) is 17.7. The minimum Gasteiger partial charge on any atom is -0.321 e. The highest BCUT2D eigenvalue weighted by molar-refractivity contribution is 5.90. The molecule has 4 rings (SSSR count). The first-order valence-electron chi connectivity index (χ1n) is 9.24. The first-order chi connectivity index (χ1) is 13.7. The molecule has 0 unspecified atom stereocenters. The molecule has 0 spiro atoms. The second kappa shape index (κ2) is 7.92. The van der Waals surface area contributed by atoms with Gasteiger partial charge in [0, 0.05) is 23.1 Å². The van der Waals surface area contributed by atoms with Crippen molar-refractivity contribution in [2.75, 3.05) is 0 Å². The molecule has 0 saturated heterocycles. The summed E-state index contributed by atoms with van der Waals surface area (Å²) in [5.74, 6) is -0.133. The molecule has 4 heteroatoms. The molecule has 1 aromatic heterocycles. The van der Waals surface area contributed by atoms with Gasteiger partial charge in [-0.25, -0.2) is 5.43 Å². The summed E-state index contributed by atoms with van der Waals surface area (Å²) in [7, 11) is 0. The van der Waals surface area contributed by atoms with Crippen molar-refractivity contribution in [2.45, 2.75) is 13.3 Å². The van der Waals surface area contributed by atoms with Crippen LogP contribution in [0.3, 0.4) is 0 Å². The Morgan fingerprint density at radius 3 is 2.61 bits per heavy atom. The number of carbonyl (C=O) groups excluding carboxylic acids is 1. The molecule has 0 atom stereocenters. The second-order valence-corrected chi connectivity index (χ2v) is 6.73. The van der Waals surface area contributed by atoms with Crippen molar-refractivity contribution in [3.63, 3.8) is 0 Å². The van der Waals surface area contributed by atoms with Crippen LogP contribution in [0, 0.1) is 6.92 Å². The molecule has 0 fully saturated rings. The average molecular weight is 367 g/mol.